The van der Waals surface area contributed by atoms with Gasteiger partial charge in [-0.15, -0.1) is 0 Å². The Balaban J connectivity index is 1.31. The van der Waals surface area contributed by atoms with Crippen LogP contribution < -0.4 is 9.47 Å². The largest absolute Gasteiger partial charge is 0.487 e. The Morgan fingerprint density at radius 1 is 0.559 bits per heavy atom. The number of rotatable bonds is 8. The van der Waals surface area contributed by atoms with Crippen LogP contribution in [0.2, 0.25) is 0 Å². The zero-order chi connectivity index (χ0) is 23.1. The van der Waals surface area contributed by atoms with E-state index in [0.29, 0.717) is 13.2 Å². The van der Waals surface area contributed by atoms with Crippen LogP contribution in [-0.2, 0) is 18.6 Å². The SMILES string of the molecule is c1ccc(COc2ccc(C3(c4ccc(OCc5ccccn5)cc4)CCCCC3)cc2)nc1. The van der Waals surface area contributed by atoms with Crippen LogP contribution in [0.25, 0.3) is 0 Å². The van der Waals surface area contributed by atoms with E-state index in [2.05, 4.69) is 58.5 Å². The summed E-state index contributed by atoms with van der Waals surface area (Å²) >= 11 is 0. The summed E-state index contributed by atoms with van der Waals surface area (Å²) in [6.07, 6.45) is 9.71. The highest BCUT2D eigenvalue weighted by Gasteiger charge is 2.35. The molecule has 1 aliphatic rings. The molecular weight excluding hydrogens is 420 g/mol. The van der Waals surface area contributed by atoms with Crippen molar-refractivity contribution in [2.75, 3.05) is 0 Å². The number of benzene rings is 2. The van der Waals surface area contributed by atoms with Crippen molar-refractivity contribution in [3.8, 4) is 11.5 Å². The summed E-state index contributed by atoms with van der Waals surface area (Å²) in [6, 6.07) is 29.1. The zero-order valence-corrected chi connectivity index (χ0v) is 19.4. The summed E-state index contributed by atoms with van der Waals surface area (Å²) in [5.74, 6) is 1.75. The van der Waals surface area contributed by atoms with E-state index >= 15 is 0 Å². The van der Waals surface area contributed by atoms with Gasteiger partial charge in [0.25, 0.3) is 0 Å². The fourth-order valence-electron chi connectivity index (χ4n) is 4.92. The van der Waals surface area contributed by atoms with Crippen molar-refractivity contribution in [1.29, 1.82) is 0 Å². The molecule has 0 amide bonds. The van der Waals surface area contributed by atoms with E-state index in [4.69, 9.17) is 9.47 Å². The number of ether oxygens (including phenoxy) is 2. The van der Waals surface area contributed by atoms with Crippen LogP contribution >= 0.6 is 0 Å². The lowest BCUT2D eigenvalue weighted by atomic mass is 9.65. The van der Waals surface area contributed by atoms with Crippen molar-refractivity contribution in [3.63, 3.8) is 0 Å². The van der Waals surface area contributed by atoms with Gasteiger partial charge in [-0.1, -0.05) is 55.7 Å². The predicted molar refractivity (Wildman–Crippen MR) is 134 cm³/mol. The maximum atomic E-state index is 5.97. The highest BCUT2D eigenvalue weighted by atomic mass is 16.5. The summed E-state index contributed by atoms with van der Waals surface area (Å²) in [7, 11) is 0. The molecule has 0 saturated heterocycles. The third-order valence-electron chi connectivity index (χ3n) is 6.75. The van der Waals surface area contributed by atoms with E-state index in [9.17, 15) is 0 Å². The molecule has 2 aromatic heterocycles. The second kappa shape index (κ2) is 10.5. The van der Waals surface area contributed by atoms with Gasteiger partial charge < -0.3 is 9.47 Å². The Hall–Kier alpha value is -3.66. The first-order valence-electron chi connectivity index (χ1n) is 12.1. The lowest BCUT2D eigenvalue weighted by Crippen LogP contribution is -2.30. The first kappa shape index (κ1) is 22.1. The van der Waals surface area contributed by atoms with Gasteiger partial charge in [0.05, 0.1) is 11.4 Å². The van der Waals surface area contributed by atoms with E-state index in [1.807, 2.05) is 36.4 Å². The molecule has 0 spiro atoms. The Morgan fingerprint density at radius 2 is 1.03 bits per heavy atom. The fraction of sp³-hybridized carbons (Fsp3) is 0.267. The topological polar surface area (TPSA) is 44.2 Å². The summed E-state index contributed by atoms with van der Waals surface area (Å²) in [5.41, 5.74) is 4.62. The highest BCUT2D eigenvalue weighted by Crippen LogP contribution is 2.45. The van der Waals surface area contributed by atoms with Gasteiger partial charge in [-0.3, -0.25) is 9.97 Å². The fourth-order valence-corrected chi connectivity index (χ4v) is 4.92. The van der Waals surface area contributed by atoms with Gasteiger partial charge >= 0.3 is 0 Å². The molecule has 1 fully saturated rings. The van der Waals surface area contributed by atoms with Crippen molar-refractivity contribution < 1.29 is 9.47 Å². The molecular formula is C30H30N2O2. The summed E-state index contributed by atoms with van der Waals surface area (Å²) < 4.78 is 11.9. The average molecular weight is 451 g/mol. The van der Waals surface area contributed by atoms with Gasteiger partial charge in [0, 0.05) is 17.8 Å². The van der Waals surface area contributed by atoms with Crippen molar-refractivity contribution in [2.24, 2.45) is 0 Å². The molecule has 5 rings (SSSR count). The smallest absolute Gasteiger partial charge is 0.130 e. The maximum absolute atomic E-state index is 5.97. The van der Waals surface area contributed by atoms with E-state index in [0.717, 1.165) is 35.7 Å². The van der Waals surface area contributed by atoms with E-state index in [-0.39, 0.29) is 5.41 Å². The zero-order valence-electron chi connectivity index (χ0n) is 19.4. The Morgan fingerprint density at radius 3 is 1.44 bits per heavy atom. The van der Waals surface area contributed by atoms with Gasteiger partial charge in [-0.2, -0.15) is 0 Å². The summed E-state index contributed by atoms with van der Waals surface area (Å²) in [6.45, 7) is 0.955. The minimum Gasteiger partial charge on any atom is -0.487 e. The van der Waals surface area contributed by atoms with Crippen LogP contribution in [-0.4, -0.2) is 9.97 Å². The molecule has 4 aromatic rings. The monoisotopic (exact) mass is 450 g/mol. The van der Waals surface area contributed by atoms with Crippen LogP contribution in [0.3, 0.4) is 0 Å². The van der Waals surface area contributed by atoms with Crippen molar-refractivity contribution in [2.45, 2.75) is 50.7 Å². The maximum Gasteiger partial charge on any atom is 0.130 e. The van der Waals surface area contributed by atoms with Crippen molar-refractivity contribution in [1.82, 2.24) is 9.97 Å². The molecule has 0 unspecified atom stereocenters. The third-order valence-corrected chi connectivity index (χ3v) is 6.75. The number of pyridine rings is 2. The molecule has 2 heterocycles. The van der Waals surface area contributed by atoms with E-state index in [1.54, 1.807) is 12.4 Å². The molecule has 4 nitrogen and oxygen atoms in total. The number of aromatic nitrogens is 2. The van der Waals surface area contributed by atoms with Crippen LogP contribution in [0.15, 0.2) is 97.3 Å². The van der Waals surface area contributed by atoms with E-state index in [1.165, 1.54) is 30.4 Å². The van der Waals surface area contributed by atoms with Gasteiger partial charge in [-0.25, -0.2) is 0 Å². The van der Waals surface area contributed by atoms with Crippen LogP contribution in [0.5, 0.6) is 11.5 Å². The van der Waals surface area contributed by atoms with Crippen molar-refractivity contribution in [3.05, 3.63) is 120 Å². The van der Waals surface area contributed by atoms with Crippen LogP contribution in [0, 0.1) is 0 Å². The number of hydrogen-bond acceptors (Lipinski definition) is 4. The van der Waals surface area contributed by atoms with E-state index < -0.39 is 0 Å². The molecule has 0 bridgehead atoms. The molecule has 0 atom stereocenters. The van der Waals surface area contributed by atoms with Crippen LogP contribution in [0.4, 0.5) is 0 Å². The normalized spacial score (nSPS) is 14.9. The molecule has 0 N–H and O–H groups in total. The lowest BCUT2D eigenvalue weighted by Gasteiger charge is -2.38. The third kappa shape index (κ3) is 5.12. The Labute approximate surface area is 201 Å². The summed E-state index contributed by atoms with van der Waals surface area (Å²) in [4.78, 5) is 8.67. The second-order valence-electron chi connectivity index (χ2n) is 8.91. The molecule has 1 saturated carbocycles. The van der Waals surface area contributed by atoms with Gasteiger partial charge in [0.15, 0.2) is 0 Å². The van der Waals surface area contributed by atoms with Gasteiger partial charge in [-0.05, 0) is 72.5 Å². The van der Waals surface area contributed by atoms with Gasteiger partial charge in [0.2, 0.25) is 0 Å². The second-order valence-corrected chi connectivity index (χ2v) is 8.91. The predicted octanol–water partition coefficient (Wildman–Crippen LogP) is 6.88. The average Bonchev–Trinajstić information content (AvgIpc) is 2.93. The molecule has 172 valence electrons. The summed E-state index contributed by atoms with van der Waals surface area (Å²) in [5, 5.41) is 0. The number of hydrogen-bond donors (Lipinski definition) is 0. The minimum absolute atomic E-state index is 0.0390. The van der Waals surface area contributed by atoms with Crippen molar-refractivity contribution >= 4 is 0 Å². The highest BCUT2D eigenvalue weighted by molar-refractivity contribution is 5.43. The quantitative estimate of drug-likeness (QED) is 0.293. The van der Waals surface area contributed by atoms with Gasteiger partial charge in [0.1, 0.15) is 24.7 Å². The molecule has 4 heteroatoms. The molecule has 34 heavy (non-hydrogen) atoms. The minimum atomic E-state index is 0.0390. The number of nitrogens with zero attached hydrogens (tertiary/aromatic N) is 2. The molecule has 0 radical (unpaired) electrons. The van der Waals surface area contributed by atoms with Crippen LogP contribution in [0.1, 0.15) is 54.6 Å². The molecule has 2 aromatic carbocycles. The standard InChI is InChI=1S/C30H30N2O2/c1-4-18-30(19-5-1,24-10-14-28(15-11-24)33-22-26-8-2-6-20-31-26)25-12-16-29(17-13-25)34-23-27-9-3-7-21-32-27/h2-3,6-17,20-21H,1,4-5,18-19,22-23H2. The first-order valence-corrected chi connectivity index (χ1v) is 12.1. The molecule has 1 aliphatic carbocycles. The lowest BCUT2D eigenvalue weighted by molar-refractivity contribution is 0.299. The first-order chi connectivity index (χ1) is 16.8. The molecule has 0 aliphatic heterocycles. The Kier molecular flexibility index (Phi) is 6.85. The Bertz CT molecular complexity index is 1070.